The number of methoxy groups -OCH3 is 2. The summed E-state index contributed by atoms with van der Waals surface area (Å²) in [5, 5.41) is 23.0. The Morgan fingerprint density at radius 1 is 1.31 bits per heavy atom. The fourth-order valence-electron chi connectivity index (χ4n) is 4.26. The Labute approximate surface area is 185 Å². The maximum atomic E-state index is 13.0. The summed E-state index contributed by atoms with van der Waals surface area (Å²) in [6.07, 6.45) is 0.158. The number of aliphatic hydroxyl groups is 2. The van der Waals surface area contributed by atoms with E-state index in [-0.39, 0.29) is 37.8 Å². The van der Waals surface area contributed by atoms with Crippen molar-refractivity contribution in [3.05, 3.63) is 34.9 Å². The van der Waals surface area contributed by atoms with Gasteiger partial charge < -0.3 is 34.6 Å². The number of hydrogen-bond acceptors (Lipinski definition) is 8. The SMILES string of the molecule is COCCN(C(C)=O)[C@@H]1C=C(C(=O)NCCO)[C@@H]2c3cc(C=O)cc(OC)c3O[C@@H]2[C@H]1O. The fourth-order valence-corrected chi connectivity index (χ4v) is 4.26. The van der Waals surface area contributed by atoms with Crippen LogP contribution in [0.25, 0.3) is 0 Å². The van der Waals surface area contributed by atoms with Crippen molar-refractivity contribution in [3.63, 3.8) is 0 Å². The van der Waals surface area contributed by atoms with Gasteiger partial charge in [-0.25, -0.2) is 0 Å². The Kier molecular flexibility index (Phi) is 7.49. The lowest BCUT2D eigenvalue weighted by molar-refractivity contribution is -0.135. The van der Waals surface area contributed by atoms with Crippen molar-refractivity contribution in [1.29, 1.82) is 0 Å². The molecule has 10 nitrogen and oxygen atoms in total. The quantitative estimate of drug-likeness (QED) is 0.436. The van der Waals surface area contributed by atoms with Crippen LogP contribution in [0, 0.1) is 0 Å². The average Bonchev–Trinajstić information content (AvgIpc) is 3.18. The standard InChI is InChI=1S/C22H28N2O8/c1-12(27)24(5-7-30-2)16-10-15(22(29)23-4-6-25)18-14-8-13(11-26)9-17(31-3)20(14)32-21(18)19(16)28/h8-11,16,18-19,21,25,28H,4-7H2,1-3H3,(H,23,29)/t16-,18+,19+,21+/m1/s1. The highest BCUT2D eigenvalue weighted by atomic mass is 16.5. The molecular formula is C22H28N2O8. The van der Waals surface area contributed by atoms with Crippen LogP contribution in [0.15, 0.2) is 23.8 Å². The Bertz CT molecular complexity index is 915. The largest absolute Gasteiger partial charge is 0.493 e. The van der Waals surface area contributed by atoms with E-state index in [1.54, 1.807) is 12.1 Å². The van der Waals surface area contributed by atoms with Crippen LogP contribution < -0.4 is 14.8 Å². The fraction of sp³-hybridized carbons (Fsp3) is 0.500. The molecular weight excluding hydrogens is 420 g/mol. The minimum absolute atomic E-state index is 0.0340. The lowest BCUT2D eigenvalue weighted by atomic mass is 9.77. The average molecular weight is 448 g/mol. The van der Waals surface area contributed by atoms with Crippen LogP contribution >= 0.6 is 0 Å². The zero-order valence-corrected chi connectivity index (χ0v) is 18.2. The molecule has 0 aromatic heterocycles. The Hall–Kier alpha value is -2.95. The lowest BCUT2D eigenvalue weighted by Gasteiger charge is -2.40. The number of fused-ring (bicyclic) bond motifs is 3. The third kappa shape index (κ3) is 4.34. The number of hydrogen-bond donors (Lipinski definition) is 3. The molecule has 1 heterocycles. The number of amides is 2. The van der Waals surface area contributed by atoms with E-state index in [4.69, 9.17) is 19.3 Å². The first-order valence-corrected chi connectivity index (χ1v) is 10.3. The van der Waals surface area contributed by atoms with Crippen molar-refractivity contribution < 1.29 is 38.8 Å². The maximum absolute atomic E-state index is 13.0. The highest BCUT2D eigenvalue weighted by Crippen LogP contribution is 2.51. The second-order valence-electron chi connectivity index (χ2n) is 7.61. The smallest absolute Gasteiger partial charge is 0.247 e. The van der Waals surface area contributed by atoms with Crippen molar-refractivity contribution in [1.82, 2.24) is 10.2 Å². The number of carbonyl (C=O) groups excluding carboxylic acids is 3. The molecule has 1 aromatic carbocycles. The first-order chi connectivity index (χ1) is 15.4. The van der Waals surface area contributed by atoms with Crippen molar-refractivity contribution in [3.8, 4) is 11.5 Å². The number of rotatable bonds is 9. The Morgan fingerprint density at radius 2 is 2.06 bits per heavy atom. The van der Waals surface area contributed by atoms with Crippen molar-refractivity contribution >= 4 is 18.1 Å². The van der Waals surface area contributed by atoms with Gasteiger partial charge in [-0.15, -0.1) is 0 Å². The summed E-state index contributed by atoms with van der Waals surface area (Å²) in [5.41, 5.74) is 1.14. The van der Waals surface area contributed by atoms with Gasteiger partial charge in [0, 0.05) is 43.8 Å². The molecule has 0 saturated heterocycles. The molecule has 0 radical (unpaired) electrons. The molecule has 0 fully saturated rings. The van der Waals surface area contributed by atoms with Gasteiger partial charge in [0.1, 0.15) is 18.5 Å². The molecule has 1 aliphatic heterocycles. The van der Waals surface area contributed by atoms with Crippen LogP contribution in [0.3, 0.4) is 0 Å². The zero-order chi connectivity index (χ0) is 23.4. The van der Waals surface area contributed by atoms with Gasteiger partial charge in [0.15, 0.2) is 11.5 Å². The Balaban J connectivity index is 2.12. The van der Waals surface area contributed by atoms with Crippen molar-refractivity contribution in [2.24, 2.45) is 0 Å². The lowest BCUT2D eigenvalue weighted by Crippen LogP contribution is -2.56. The third-order valence-electron chi connectivity index (χ3n) is 5.71. The van der Waals surface area contributed by atoms with Crippen LogP contribution in [0.1, 0.15) is 28.8 Å². The zero-order valence-electron chi connectivity index (χ0n) is 18.2. The predicted octanol–water partition coefficient (Wildman–Crippen LogP) is -0.375. The maximum Gasteiger partial charge on any atom is 0.247 e. The van der Waals surface area contributed by atoms with E-state index in [0.29, 0.717) is 28.9 Å². The summed E-state index contributed by atoms with van der Waals surface area (Å²) in [7, 11) is 2.94. The number of nitrogens with zero attached hydrogens (tertiary/aromatic N) is 1. The summed E-state index contributed by atoms with van der Waals surface area (Å²) in [5.74, 6) is -0.819. The molecule has 4 atom stereocenters. The van der Waals surface area contributed by atoms with Gasteiger partial charge >= 0.3 is 0 Å². The van der Waals surface area contributed by atoms with Gasteiger partial charge in [-0.2, -0.15) is 0 Å². The Morgan fingerprint density at radius 3 is 2.66 bits per heavy atom. The van der Waals surface area contributed by atoms with Crippen LogP contribution in [-0.4, -0.2) is 92.0 Å². The van der Waals surface area contributed by atoms with Crippen molar-refractivity contribution in [2.45, 2.75) is 31.1 Å². The number of aliphatic hydroxyl groups excluding tert-OH is 2. The number of nitrogens with one attached hydrogen (secondary N) is 1. The number of benzene rings is 1. The highest BCUT2D eigenvalue weighted by Gasteiger charge is 2.51. The molecule has 32 heavy (non-hydrogen) atoms. The molecule has 0 unspecified atom stereocenters. The minimum Gasteiger partial charge on any atom is -0.493 e. The normalized spacial score (nSPS) is 23.3. The van der Waals surface area contributed by atoms with Gasteiger partial charge in [0.25, 0.3) is 0 Å². The van der Waals surface area contributed by atoms with E-state index in [9.17, 15) is 19.5 Å². The molecule has 2 aliphatic rings. The number of aldehydes is 1. The van der Waals surface area contributed by atoms with Crippen LogP contribution in [0.2, 0.25) is 0 Å². The molecule has 1 aromatic rings. The van der Waals surface area contributed by atoms with E-state index < -0.39 is 30.1 Å². The molecule has 1 aliphatic carbocycles. The van der Waals surface area contributed by atoms with Gasteiger partial charge in [-0.3, -0.25) is 14.4 Å². The van der Waals surface area contributed by atoms with Gasteiger partial charge in [0.05, 0.1) is 32.3 Å². The van der Waals surface area contributed by atoms with E-state index in [1.807, 2.05) is 0 Å². The van der Waals surface area contributed by atoms with Crippen LogP contribution in [0.5, 0.6) is 11.5 Å². The van der Waals surface area contributed by atoms with Crippen LogP contribution in [0.4, 0.5) is 0 Å². The van der Waals surface area contributed by atoms with Gasteiger partial charge in [0.2, 0.25) is 11.8 Å². The van der Waals surface area contributed by atoms with E-state index in [0.717, 1.165) is 0 Å². The highest BCUT2D eigenvalue weighted by molar-refractivity contribution is 5.96. The summed E-state index contributed by atoms with van der Waals surface area (Å²) in [4.78, 5) is 38.2. The van der Waals surface area contributed by atoms with E-state index in [1.165, 1.54) is 32.1 Å². The minimum atomic E-state index is -1.16. The number of ether oxygens (including phenoxy) is 3. The second-order valence-corrected chi connectivity index (χ2v) is 7.61. The third-order valence-corrected chi connectivity index (χ3v) is 5.71. The number of carbonyl (C=O) groups is 3. The monoisotopic (exact) mass is 448 g/mol. The first-order valence-electron chi connectivity index (χ1n) is 10.3. The molecule has 0 saturated carbocycles. The molecule has 0 spiro atoms. The molecule has 174 valence electrons. The predicted molar refractivity (Wildman–Crippen MR) is 113 cm³/mol. The molecule has 0 bridgehead atoms. The summed E-state index contributed by atoms with van der Waals surface area (Å²) >= 11 is 0. The van der Waals surface area contributed by atoms with Gasteiger partial charge in [-0.1, -0.05) is 0 Å². The summed E-state index contributed by atoms with van der Waals surface area (Å²) < 4.78 is 16.5. The second kappa shape index (κ2) is 10.1. The molecule has 2 amide bonds. The van der Waals surface area contributed by atoms with Crippen molar-refractivity contribution in [2.75, 3.05) is 40.5 Å². The summed E-state index contributed by atoms with van der Waals surface area (Å²) in [6.45, 7) is 1.61. The molecule has 3 N–H and O–H groups in total. The molecule has 3 rings (SSSR count). The van der Waals surface area contributed by atoms with Gasteiger partial charge in [-0.05, 0) is 18.2 Å². The summed E-state index contributed by atoms with van der Waals surface area (Å²) in [6, 6.07) is 2.27. The van der Waals surface area contributed by atoms with Crippen LogP contribution in [-0.2, 0) is 14.3 Å². The first kappa shape index (κ1) is 23.7. The van der Waals surface area contributed by atoms with E-state index in [2.05, 4.69) is 5.32 Å². The van der Waals surface area contributed by atoms with E-state index >= 15 is 0 Å². The molecule has 10 heteroatoms. The topological polar surface area (TPSA) is 135 Å².